The molecule has 5 rings (SSSR count). The quantitative estimate of drug-likeness (QED) is 0.625. The molecule has 2 bridgehead atoms. The topological polar surface area (TPSA) is 152 Å². The molecule has 0 radical (unpaired) electrons. The van der Waals surface area contributed by atoms with Gasteiger partial charge >= 0.3 is 10.5 Å². The molecular weight excluding hydrogens is 456 g/mol. The van der Waals surface area contributed by atoms with Gasteiger partial charge in [0.25, 0.3) is 0 Å². The molecule has 1 aliphatic carbocycles. The lowest BCUT2D eigenvalue weighted by atomic mass is 10.0. The number of fused-ring (bicyclic) bond motifs is 3. The Kier molecular flexibility index (Phi) is 6.75. The Bertz CT molecular complexity index is 1110. The third-order valence-corrected chi connectivity index (χ3v) is 7.55. The van der Waals surface area contributed by atoms with Crippen LogP contribution in [-0.2, 0) is 20.1 Å². The van der Waals surface area contributed by atoms with E-state index in [1.807, 2.05) is 4.90 Å². The van der Waals surface area contributed by atoms with Crippen molar-refractivity contribution in [2.45, 2.75) is 69.4 Å². The summed E-state index contributed by atoms with van der Waals surface area (Å²) in [6.45, 7) is 5.28. The van der Waals surface area contributed by atoms with Crippen molar-refractivity contribution in [3.63, 3.8) is 0 Å². The number of nitrogens with two attached hydrogens (primary N) is 1. The van der Waals surface area contributed by atoms with Gasteiger partial charge in [-0.25, -0.2) is 0 Å². The zero-order valence-electron chi connectivity index (χ0n) is 19.3. The van der Waals surface area contributed by atoms with Crippen LogP contribution in [0.25, 0.3) is 0 Å². The number of nitrogens with one attached hydrogen (secondary N) is 1. The van der Waals surface area contributed by atoms with Crippen molar-refractivity contribution in [2.24, 2.45) is 11.7 Å². The van der Waals surface area contributed by atoms with Gasteiger partial charge in [-0.1, -0.05) is 29.8 Å². The summed E-state index contributed by atoms with van der Waals surface area (Å²) in [5, 5.41) is 9.36. The molecule has 4 aliphatic rings. The van der Waals surface area contributed by atoms with Crippen molar-refractivity contribution >= 4 is 22.3 Å². The van der Waals surface area contributed by atoms with Gasteiger partial charge in [-0.3, -0.25) is 14.5 Å². The van der Waals surface area contributed by atoms with Gasteiger partial charge in [0, 0.05) is 25.2 Å². The molecule has 11 heteroatoms. The predicted molar refractivity (Wildman–Crippen MR) is 123 cm³/mol. The molecule has 4 fully saturated rings. The first-order chi connectivity index (χ1) is 16.1. The molecule has 3 saturated heterocycles. The number of amides is 2. The second kappa shape index (κ2) is 9.44. The molecule has 3 N–H and O–H groups in total. The van der Waals surface area contributed by atoms with Gasteiger partial charge in [0.15, 0.2) is 0 Å². The average Bonchev–Trinajstić information content (AvgIpc) is 3.12. The number of aryl methyl sites for hydroxylation is 1. The number of carbonyl (C=O) groups is 2. The maximum atomic E-state index is 13.1. The highest BCUT2D eigenvalue weighted by Crippen LogP contribution is 2.48. The van der Waals surface area contributed by atoms with Gasteiger partial charge in [-0.05, 0) is 44.6 Å². The van der Waals surface area contributed by atoms with Crippen molar-refractivity contribution in [3.05, 3.63) is 35.4 Å². The fourth-order valence-electron chi connectivity index (χ4n) is 5.82. The van der Waals surface area contributed by atoms with E-state index in [9.17, 15) is 14.9 Å². The zero-order chi connectivity index (χ0) is 24.7. The Hall–Kier alpha value is -2.81. The van der Waals surface area contributed by atoms with Gasteiger partial charge in [0.1, 0.15) is 6.04 Å². The van der Waals surface area contributed by atoms with Crippen LogP contribution in [0.1, 0.15) is 43.4 Å². The summed E-state index contributed by atoms with van der Waals surface area (Å²) in [4.78, 5) is 31.9. The van der Waals surface area contributed by atoms with Crippen LogP contribution in [0.4, 0.5) is 0 Å². The second-order valence-corrected chi connectivity index (χ2v) is 10.2. The van der Waals surface area contributed by atoms with E-state index in [-0.39, 0.29) is 42.0 Å². The molecule has 3 aliphatic heterocycles. The first-order valence-corrected chi connectivity index (χ1v) is 12.6. The minimum absolute atomic E-state index is 0.0401. The number of hydrogen-bond acceptors (Lipinski definition) is 8. The largest absolute Gasteiger partial charge is 0.330 e. The van der Waals surface area contributed by atoms with Gasteiger partial charge in [0.2, 0.25) is 11.8 Å². The number of hydrogen-bond donors (Lipinski definition) is 2. The van der Waals surface area contributed by atoms with E-state index in [0.717, 1.165) is 31.4 Å². The number of piperidine rings is 1. The average molecular weight is 487 g/mol. The van der Waals surface area contributed by atoms with Crippen LogP contribution in [0.3, 0.4) is 0 Å². The summed E-state index contributed by atoms with van der Waals surface area (Å²) in [6.07, 6.45) is 2.57. The van der Waals surface area contributed by atoms with Crippen LogP contribution < -0.4 is 5.73 Å². The summed E-state index contributed by atoms with van der Waals surface area (Å²) in [5.74, 6) is 0.482. The van der Waals surface area contributed by atoms with E-state index in [4.69, 9.17) is 18.9 Å². The number of piperazine rings is 1. The highest BCUT2D eigenvalue weighted by molar-refractivity contribution is 7.60. The van der Waals surface area contributed by atoms with Crippen molar-refractivity contribution in [1.82, 2.24) is 14.7 Å². The van der Waals surface area contributed by atoms with Gasteiger partial charge < -0.3 is 15.5 Å². The van der Waals surface area contributed by atoms with Crippen molar-refractivity contribution in [2.75, 3.05) is 13.1 Å². The van der Waals surface area contributed by atoms with Gasteiger partial charge in [0.05, 0.1) is 24.2 Å². The Morgan fingerprint density at radius 1 is 1.26 bits per heavy atom. The maximum Gasteiger partial charge on any atom is 0.308 e. The van der Waals surface area contributed by atoms with Gasteiger partial charge in [-0.15, -0.1) is 0 Å². The van der Waals surface area contributed by atoms with Crippen LogP contribution in [0.15, 0.2) is 24.3 Å². The number of rotatable bonds is 5. The number of benzene rings is 1. The summed E-state index contributed by atoms with van der Waals surface area (Å²) in [7, 11) is -2.61. The molecule has 7 atom stereocenters. The Balaban J connectivity index is 0.000000636. The predicted octanol–water partition coefficient (Wildman–Crippen LogP) is 0.809. The van der Waals surface area contributed by atoms with E-state index >= 15 is 0 Å². The Morgan fingerprint density at radius 2 is 1.91 bits per heavy atom. The number of likely N-dealkylation sites (tertiary alicyclic amines) is 3. The number of nitriles is 1. The monoisotopic (exact) mass is 486 g/mol. The smallest absolute Gasteiger partial charge is 0.308 e. The number of nitrogens with zero attached hydrogens (tertiary/aromatic N) is 4. The summed E-state index contributed by atoms with van der Waals surface area (Å²) >= 11 is 0. The lowest BCUT2D eigenvalue weighted by Crippen LogP contribution is -2.57. The molecule has 182 valence electrons. The van der Waals surface area contributed by atoms with E-state index < -0.39 is 16.5 Å². The molecule has 2 amide bonds. The van der Waals surface area contributed by atoms with E-state index in [2.05, 4.69) is 49.1 Å². The van der Waals surface area contributed by atoms with Crippen molar-refractivity contribution in [3.8, 4) is 6.07 Å². The molecule has 0 aromatic heterocycles. The minimum Gasteiger partial charge on any atom is -0.330 e. The molecule has 1 saturated carbocycles. The normalized spacial score (nSPS) is 30.8. The first kappa shape index (κ1) is 24.3. The summed E-state index contributed by atoms with van der Waals surface area (Å²) in [6, 6.07) is 9.79. The second-order valence-electron chi connectivity index (χ2n) is 9.72. The molecule has 1 unspecified atom stereocenters. The fraction of sp³-hybridized carbons (Fsp3) is 0.609. The Labute approximate surface area is 200 Å². The van der Waals surface area contributed by atoms with E-state index in [1.54, 1.807) is 4.90 Å². The van der Waals surface area contributed by atoms with Crippen LogP contribution in [0.5, 0.6) is 0 Å². The standard InChI is InChI=1S/C23H29N5O2.HNO2S/c1-13-3-5-15(6-4-13)14(2)27-18-9-21(23(27)30)26(11-18)12-19(25)22(29)28-17(10-24)7-16-8-20(16)28;1-4(2)3/h3-6,14,16-21H,7-9,11-12,25H2,1-2H3;1H/t14-,16?,17+,18+,19+,20+,21+;/m1./s1. The lowest BCUT2D eigenvalue weighted by molar-refractivity contribution is -0.141. The fourth-order valence-corrected chi connectivity index (χ4v) is 5.82. The van der Waals surface area contributed by atoms with Crippen molar-refractivity contribution in [1.29, 1.82) is 10.0 Å². The molecule has 0 spiro atoms. The highest BCUT2D eigenvalue weighted by atomic mass is 32.2. The SMILES string of the molecule is Cc1ccc([C@@H](C)N2C(=O)[C@@H]3C[C@H]2CN3C[C@H](N)C(=O)N2[C@H](C#N)CC3C[C@@H]32)cc1.N=S(=O)=O. The molecule has 3 heterocycles. The van der Waals surface area contributed by atoms with E-state index in [1.165, 1.54) is 5.56 Å². The maximum absolute atomic E-state index is 13.1. The Morgan fingerprint density at radius 3 is 2.50 bits per heavy atom. The summed E-state index contributed by atoms with van der Waals surface area (Å²) in [5.41, 5.74) is 8.64. The third-order valence-electron chi connectivity index (χ3n) is 7.55. The van der Waals surface area contributed by atoms with Crippen molar-refractivity contribution < 1.29 is 18.0 Å². The van der Waals surface area contributed by atoms with Gasteiger partial charge in [-0.2, -0.15) is 18.5 Å². The molecule has 1 aromatic rings. The molecular formula is C23H30N6O4S. The third kappa shape index (κ3) is 4.58. The van der Waals surface area contributed by atoms with Crippen LogP contribution in [-0.4, -0.2) is 78.2 Å². The van der Waals surface area contributed by atoms with Crippen LogP contribution >= 0.6 is 0 Å². The highest BCUT2D eigenvalue weighted by Gasteiger charge is 2.56. The lowest BCUT2D eigenvalue weighted by Gasteiger charge is -2.38. The molecule has 34 heavy (non-hydrogen) atoms. The minimum atomic E-state index is -2.61. The van der Waals surface area contributed by atoms with E-state index in [0.29, 0.717) is 12.5 Å². The molecule has 1 aromatic carbocycles. The molecule has 10 nitrogen and oxygen atoms in total. The first-order valence-electron chi connectivity index (χ1n) is 11.5. The summed E-state index contributed by atoms with van der Waals surface area (Å²) < 4.78 is 22.8. The number of carbonyl (C=O) groups excluding carboxylic acids is 2. The van der Waals surface area contributed by atoms with Crippen LogP contribution in [0.2, 0.25) is 0 Å². The van der Waals surface area contributed by atoms with Crippen LogP contribution in [0, 0.1) is 29.0 Å². The zero-order valence-corrected chi connectivity index (χ0v) is 20.1.